The molecule has 3 rings (SSSR count). The fourth-order valence-electron chi connectivity index (χ4n) is 3.02. The molecule has 146 valence electrons. The Morgan fingerprint density at radius 1 is 1.11 bits per heavy atom. The van der Waals surface area contributed by atoms with Gasteiger partial charge in [-0.25, -0.2) is 13.1 Å². The lowest BCUT2D eigenvalue weighted by molar-refractivity contribution is -0.122. The zero-order chi connectivity index (χ0) is 20.5. The summed E-state index contributed by atoms with van der Waals surface area (Å²) in [6.07, 6.45) is 1.14. The highest BCUT2D eigenvalue weighted by molar-refractivity contribution is 7.90. The van der Waals surface area contributed by atoms with Crippen molar-refractivity contribution in [2.75, 3.05) is 6.26 Å². The van der Waals surface area contributed by atoms with Crippen LogP contribution in [-0.4, -0.2) is 30.4 Å². The molecular formula is C20H21N3O4S. The van der Waals surface area contributed by atoms with Crippen molar-refractivity contribution in [1.82, 2.24) is 15.1 Å². The van der Waals surface area contributed by atoms with E-state index < -0.39 is 9.84 Å². The van der Waals surface area contributed by atoms with Crippen LogP contribution in [0, 0.1) is 6.92 Å². The number of fused-ring (bicyclic) bond motifs is 1. The van der Waals surface area contributed by atoms with E-state index in [0.29, 0.717) is 11.1 Å². The monoisotopic (exact) mass is 399 g/mol. The summed E-state index contributed by atoms with van der Waals surface area (Å²) in [6, 6.07) is 13.1. The Kier molecular flexibility index (Phi) is 5.33. The summed E-state index contributed by atoms with van der Waals surface area (Å²) in [6.45, 7) is 3.38. The van der Waals surface area contributed by atoms with Gasteiger partial charge in [0.1, 0.15) is 6.54 Å². The van der Waals surface area contributed by atoms with Crippen LogP contribution in [0.15, 0.2) is 58.2 Å². The molecule has 0 aliphatic heterocycles. The number of carbonyl (C=O) groups excluding carboxylic acids is 1. The van der Waals surface area contributed by atoms with Crippen molar-refractivity contribution in [2.24, 2.45) is 0 Å². The van der Waals surface area contributed by atoms with Gasteiger partial charge in [-0.15, -0.1) is 0 Å². The molecule has 0 fully saturated rings. The average molecular weight is 399 g/mol. The van der Waals surface area contributed by atoms with Gasteiger partial charge in [-0.05, 0) is 37.6 Å². The van der Waals surface area contributed by atoms with Crippen LogP contribution in [0.3, 0.4) is 0 Å². The minimum atomic E-state index is -3.27. The predicted octanol–water partition coefficient (Wildman–Crippen LogP) is 1.99. The van der Waals surface area contributed by atoms with Crippen LogP contribution < -0.4 is 10.9 Å². The molecule has 1 atom stereocenters. The van der Waals surface area contributed by atoms with E-state index in [-0.39, 0.29) is 28.9 Å². The Morgan fingerprint density at radius 3 is 2.32 bits per heavy atom. The maximum atomic E-state index is 12.6. The fourth-order valence-corrected chi connectivity index (χ4v) is 3.65. The molecule has 2 aromatic carbocycles. The number of benzene rings is 2. The lowest BCUT2D eigenvalue weighted by Gasteiger charge is -2.15. The number of nitrogens with zero attached hydrogens (tertiary/aromatic N) is 2. The predicted molar refractivity (Wildman–Crippen MR) is 107 cm³/mol. The number of sulfone groups is 1. The van der Waals surface area contributed by atoms with Crippen LogP contribution in [0.5, 0.6) is 0 Å². The highest BCUT2D eigenvalue weighted by atomic mass is 32.2. The number of hydrogen-bond acceptors (Lipinski definition) is 5. The summed E-state index contributed by atoms with van der Waals surface area (Å²) in [5.74, 6) is -0.357. The van der Waals surface area contributed by atoms with Crippen molar-refractivity contribution in [1.29, 1.82) is 0 Å². The third-order valence-corrected chi connectivity index (χ3v) is 5.66. The highest BCUT2D eigenvalue weighted by Crippen LogP contribution is 2.16. The van der Waals surface area contributed by atoms with Gasteiger partial charge in [0.25, 0.3) is 5.56 Å². The molecule has 7 nitrogen and oxygen atoms in total. The van der Waals surface area contributed by atoms with E-state index in [1.54, 1.807) is 38.1 Å². The fraction of sp³-hybridized carbons (Fsp3) is 0.250. The number of carbonyl (C=O) groups is 1. The van der Waals surface area contributed by atoms with E-state index >= 15 is 0 Å². The van der Waals surface area contributed by atoms with Crippen LogP contribution in [0.1, 0.15) is 24.2 Å². The summed E-state index contributed by atoms with van der Waals surface area (Å²) in [5.41, 5.74) is 1.12. The van der Waals surface area contributed by atoms with Crippen molar-refractivity contribution in [2.45, 2.75) is 31.3 Å². The molecule has 0 radical (unpaired) electrons. The van der Waals surface area contributed by atoms with E-state index in [0.717, 1.165) is 21.9 Å². The number of aromatic nitrogens is 2. The van der Waals surface area contributed by atoms with E-state index in [1.807, 2.05) is 12.1 Å². The lowest BCUT2D eigenvalue weighted by Crippen LogP contribution is -2.35. The van der Waals surface area contributed by atoms with Gasteiger partial charge in [0, 0.05) is 11.6 Å². The van der Waals surface area contributed by atoms with E-state index in [2.05, 4.69) is 10.4 Å². The maximum Gasteiger partial charge on any atom is 0.275 e. The topological polar surface area (TPSA) is 98.1 Å². The number of nitrogens with one attached hydrogen (secondary N) is 1. The molecular weight excluding hydrogens is 378 g/mol. The average Bonchev–Trinajstić information content (AvgIpc) is 2.65. The van der Waals surface area contributed by atoms with Gasteiger partial charge < -0.3 is 5.32 Å². The molecule has 0 saturated heterocycles. The van der Waals surface area contributed by atoms with E-state index in [9.17, 15) is 18.0 Å². The van der Waals surface area contributed by atoms with Gasteiger partial charge in [0.05, 0.1) is 22.0 Å². The SMILES string of the molecule is Cc1nn(CC(=O)NC(C)c2ccc(S(C)(=O)=O)cc2)c(=O)c2ccccc12. The largest absolute Gasteiger partial charge is 0.348 e. The molecule has 8 heteroatoms. The number of rotatable bonds is 5. The molecule has 1 heterocycles. The summed E-state index contributed by atoms with van der Waals surface area (Å²) < 4.78 is 24.2. The van der Waals surface area contributed by atoms with Crippen LogP contribution in [0.25, 0.3) is 10.8 Å². The van der Waals surface area contributed by atoms with Gasteiger partial charge in [0.2, 0.25) is 5.91 Å². The smallest absolute Gasteiger partial charge is 0.275 e. The lowest BCUT2D eigenvalue weighted by atomic mass is 10.1. The van der Waals surface area contributed by atoms with Crippen molar-refractivity contribution >= 4 is 26.5 Å². The first-order chi connectivity index (χ1) is 13.2. The zero-order valence-corrected chi connectivity index (χ0v) is 16.7. The van der Waals surface area contributed by atoms with Crippen LogP contribution in [-0.2, 0) is 21.2 Å². The summed E-state index contributed by atoms with van der Waals surface area (Å²) in [4.78, 5) is 25.2. The van der Waals surface area contributed by atoms with Crippen molar-refractivity contribution in [3.8, 4) is 0 Å². The Balaban J connectivity index is 1.76. The number of aryl methyl sites for hydroxylation is 1. The van der Waals surface area contributed by atoms with Crippen LogP contribution in [0.4, 0.5) is 0 Å². The molecule has 1 unspecified atom stereocenters. The second-order valence-corrected chi connectivity index (χ2v) is 8.74. The Bertz CT molecular complexity index is 1200. The Morgan fingerprint density at radius 2 is 1.71 bits per heavy atom. The first kappa shape index (κ1) is 19.8. The molecule has 0 saturated carbocycles. The normalized spacial score (nSPS) is 12.7. The third-order valence-electron chi connectivity index (χ3n) is 4.53. The first-order valence-corrected chi connectivity index (χ1v) is 10.6. The van der Waals surface area contributed by atoms with Gasteiger partial charge in [-0.2, -0.15) is 5.10 Å². The van der Waals surface area contributed by atoms with E-state index in [1.165, 1.54) is 12.1 Å². The maximum absolute atomic E-state index is 12.6. The molecule has 0 spiro atoms. The molecule has 1 amide bonds. The van der Waals surface area contributed by atoms with Crippen molar-refractivity contribution in [3.63, 3.8) is 0 Å². The number of amides is 1. The minimum absolute atomic E-state index is 0.198. The quantitative estimate of drug-likeness (QED) is 0.707. The van der Waals surface area contributed by atoms with Crippen molar-refractivity contribution in [3.05, 3.63) is 70.1 Å². The number of hydrogen-bond donors (Lipinski definition) is 1. The molecule has 0 bridgehead atoms. The molecule has 0 aliphatic rings. The Labute approximate surface area is 162 Å². The minimum Gasteiger partial charge on any atom is -0.348 e. The highest BCUT2D eigenvalue weighted by Gasteiger charge is 2.14. The van der Waals surface area contributed by atoms with Crippen LogP contribution >= 0.6 is 0 Å². The molecule has 1 N–H and O–H groups in total. The standard InChI is InChI=1S/C20H21N3O4S/c1-13(15-8-10-16(11-9-15)28(3,26)27)21-19(24)12-23-20(25)18-7-5-4-6-17(18)14(2)22-23/h4-11,13H,12H2,1-3H3,(H,21,24). The van der Waals surface area contributed by atoms with Gasteiger partial charge >= 0.3 is 0 Å². The summed E-state index contributed by atoms with van der Waals surface area (Å²) in [5, 5.41) is 8.33. The van der Waals surface area contributed by atoms with Crippen molar-refractivity contribution < 1.29 is 13.2 Å². The van der Waals surface area contributed by atoms with Gasteiger partial charge in [-0.1, -0.05) is 30.3 Å². The summed E-state index contributed by atoms with van der Waals surface area (Å²) >= 11 is 0. The molecule has 28 heavy (non-hydrogen) atoms. The van der Waals surface area contributed by atoms with Crippen LogP contribution in [0.2, 0.25) is 0 Å². The molecule has 1 aromatic heterocycles. The zero-order valence-electron chi connectivity index (χ0n) is 15.8. The second-order valence-electron chi connectivity index (χ2n) is 6.72. The third kappa shape index (κ3) is 4.12. The molecule has 0 aliphatic carbocycles. The van der Waals surface area contributed by atoms with Gasteiger partial charge in [0.15, 0.2) is 9.84 Å². The van der Waals surface area contributed by atoms with E-state index in [4.69, 9.17) is 0 Å². The summed E-state index contributed by atoms with van der Waals surface area (Å²) in [7, 11) is -3.27. The second kappa shape index (κ2) is 7.55. The Hall–Kier alpha value is -3.00. The first-order valence-electron chi connectivity index (χ1n) is 8.72. The molecule has 3 aromatic rings. The van der Waals surface area contributed by atoms with Gasteiger partial charge in [-0.3, -0.25) is 9.59 Å².